The van der Waals surface area contributed by atoms with Crippen LogP contribution in [0.25, 0.3) is 22.4 Å². The topological polar surface area (TPSA) is 112 Å². The third kappa shape index (κ3) is 4.17. The van der Waals surface area contributed by atoms with Crippen LogP contribution in [0.4, 0.5) is 14.9 Å². The Kier molecular flexibility index (Phi) is 5.21. The van der Waals surface area contributed by atoms with Gasteiger partial charge in [-0.15, -0.1) is 10.2 Å². The minimum Gasteiger partial charge on any atom is -0.450 e. The number of ether oxygens (including phenoxy) is 1. The molecule has 4 aromatic rings. The van der Waals surface area contributed by atoms with Crippen molar-refractivity contribution in [2.75, 3.05) is 11.9 Å². The lowest BCUT2D eigenvalue weighted by atomic mass is 10.1. The van der Waals surface area contributed by atoms with E-state index in [2.05, 4.69) is 20.7 Å². The van der Waals surface area contributed by atoms with Crippen molar-refractivity contribution in [1.82, 2.24) is 20.2 Å². The molecular formula is C20H16FN5O4. The maximum atomic E-state index is 13.4. The van der Waals surface area contributed by atoms with Gasteiger partial charge in [0.15, 0.2) is 0 Å². The number of amides is 1. The van der Waals surface area contributed by atoms with Crippen molar-refractivity contribution >= 4 is 22.7 Å². The van der Waals surface area contributed by atoms with Crippen LogP contribution in [0, 0.1) is 5.82 Å². The number of nitrogens with one attached hydrogen (secondary N) is 1. The van der Waals surface area contributed by atoms with E-state index in [4.69, 9.17) is 9.15 Å². The Labute approximate surface area is 169 Å². The van der Waals surface area contributed by atoms with Crippen LogP contribution < -0.4 is 10.9 Å². The van der Waals surface area contributed by atoms with Gasteiger partial charge in [-0.05, 0) is 42.0 Å². The molecule has 2 aromatic carbocycles. The molecule has 0 aliphatic heterocycles. The molecule has 2 aromatic heterocycles. The number of halogens is 1. The summed E-state index contributed by atoms with van der Waals surface area (Å²) in [7, 11) is 0. The third-order valence-electron chi connectivity index (χ3n) is 4.20. The lowest BCUT2D eigenvalue weighted by Gasteiger charge is -2.08. The zero-order valence-corrected chi connectivity index (χ0v) is 15.8. The predicted octanol–water partition coefficient (Wildman–Crippen LogP) is 3.20. The molecular weight excluding hydrogens is 393 g/mol. The van der Waals surface area contributed by atoms with E-state index in [0.29, 0.717) is 22.2 Å². The summed E-state index contributed by atoms with van der Waals surface area (Å²) in [5.74, 6) is -0.134. The number of tetrazole rings is 1. The smallest absolute Gasteiger partial charge is 0.411 e. The van der Waals surface area contributed by atoms with Crippen molar-refractivity contribution in [3.8, 4) is 11.4 Å². The molecule has 0 saturated heterocycles. The fraction of sp³-hybridized carbons (Fsp3) is 0.150. The maximum absolute atomic E-state index is 13.4. The van der Waals surface area contributed by atoms with Gasteiger partial charge in [0.05, 0.1) is 13.2 Å². The Morgan fingerprint density at radius 3 is 2.90 bits per heavy atom. The average Bonchev–Trinajstić information content (AvgIpc) is 3.16. The SMILES string of the molecule is CCOC(=O)Nc1ccc2c(Cn3nnc(-c4cccc(F)c4)n3)cc(=O)oc2c1. The summed E-state index contributed by atoms with van der Waals surface area (Å²) in [6.07, 6.45) is -0.605. The molecule has 0 fully saturated rings. The Hall–Kier alpha value is -4.08. The summed E-state index contributed by atoms with van der Waals surface area (Å²) in [5, 5.41) is 15.4. The lowest BCUT2D eigenvalue weighted by Crippen LogP contribution is -2.13. The number of fused-ring (bicyclic) bond motifs is 1. The Morgan fingerprint density at radius 1 is 1.23 bits per heavy atom. The summed E-state index contributed by atoms with van der Waals surface area (Å²) in [4.78, 5) is 24.9. The summed E-state index contributed by atoms with van der Waals surface area (Å²) in [6, 6.07) is 12.1. The molecule has 1 N–H and O–H groups in total. The van der Waals surface area contributed by atoms with E-state index in [0.717, 1.165) is 0 Å². The molecule has 152 valence electrons. The Morgan fingerprint density at radius 2 is 2.10 bits per heavy atom. The van der Waals surface area contributed by atoms with Crippen LogP contribution in [0.15, 0.2) is 57.7 Å². The van der Waals surface area contributed by atoms with Crippen LogP contribution >= 0.6 is 0 Å². The van der Waals surface area contributed by atoms with Gasteiger partial charge < -0.3 is 9.15 Å². The van der Waals surface area contributed by atoms with Gasteiger partial charge in [0.25, 0.3) is 0 Å². The van der Waals surface area contributed by atoms with E-state index in [1.54, 1.807) is 31.2 Å². The van der Waals surface area contributed by atoms with Crippen molar-refractivity contribution in [1.29, 1.82) is 0 Å². The second-order valence-corrected chi connectivity index (χ2v) is 6.30. The van der Waals surface area contributed by atoms with Gasteiger partial charge in [-0.1, -0.05) is 12.1 Å². The van der Waals surface area contributed by atoms with Crippen LogP contribution in [0.3, 0.4) is 0 Å². The number of carbonyl (C=O) groups excluding carboxylic acids is 1. The number of nitrogens with zero attached hydrogens (tertiary/aromatic N) is 4. The molecule has 0 spiro atoms. The van der Waals surface area contributed by atoms with Gasteiger partial charge in [0.2, 0.25) is 5.82 Å². The normalized spacial score (nSPS) is 10.9. The number of hydrogen-bond acceptors (Lipinski definition) is 7. The van der Waals surface area contributed by atoms with Crippen LogP contribution in [0.2, 0.25) is 0 Å². The number of rotatable bonds is 5. The summed E-state index contributed by atoms with van der Waals surface area (Å²) >= 11 is 0. The number of benzene rings is 2. The van der Waals surface area contributed by atoms with E-state index in [1.165, 1.54) is 29.1 Å². The minimum absolute atomic E-state index is 0.148. The molecule has 0 radical (unpaired) electrons. The van der Waals surface area contributed by atoms with E-state index in [1.807, 2.05) is 0 Å². The van der Waals surface area contributed by atoms with Crippen molar-refractivity contribution < 1.29 is 18.3 Å². The predicted molar refractivity (Wildman–Crippen MR) is 105 cm³/mol. The standard InChI is InChI=1S/C20H16FN5O4/c1-2-29-20(28)22-15-6-7-16-13(9-18(27)30-17(16)10-15)11-26-24-19(23-25-26)12-4-3-5-14(21)8-12/h3-10H,2,11H2,1H3,(H,22,28). The van der Waals surface area contributed by atoms with Gasteiger partial charge in [-0.2, -0.15) is 4.80 Å². The maximum Gasteiger partial charge on any atom is 0.411 e. The van der Waals surface area contributed by atoms with Gasteiger partial charge >= 0.3 is 11.7 Å². The largest absolute Gasteiger partial charge is 0.450 e. The molecule has 4 rings (SSSR count). The van der Waals surface area contributed by atoms with Crippen LogP contribution in [0.5, 0.6) is 0 Å². The van der Waals surface area contributed by atoms with Crippen molar-refractivity contribution in [2.24, 2.45) is 0 Å². The number of carbonyl (C=O) groups is 1. The molecule has 1 amide bonds. The number of hydrogen-bond donors (Lipinski definition) is 1. The highest BCUT2D eigenvalue weighted by Crippen LogP contribution is 2.22. The molecule has 0 bridgehead atoms. The van der Waals surface area contributed by atoms with E-state index in [9.17, 15) is 14.0 Å². The summed E-state index contributed by atoms with van der Waals surface area (Å²) < 4.78 is 23.5. The molecule has 10 heteroatoms. The average molecular weight is 409 g/mol. The van der Waals surface area contributed by atoms with Gasteiger partial charge in [0.1, 0.15) is 11.4 Å². The molecule has 0 unspecified atom stereocenters. The summed E-state index contributed by atoms with van der Waals surface area (Å²) in [5.41, 5.74) is 1.25. The molecule has 0 saturated carbocycles. The first-order valence-electron chi connectivity index (χ1n) is 9.06. The third-order valence-corrected chi connectivity index (χ3v) is 4.20. The van der Waals surface area contributed by atoms with E-state index >= 15 is 0 Å². The van der Waals surface area contributed by atoms with Crippen LogP contribution in [0.1, 0.15) is 12.5 Å². The van der Waals surface area contributed by atoms with Gasteiger partial charge in [0, 0.05) is 28.8 Å². The zero-order valence-electron chi connectivity index (χ0n) is 15.8. The monoisotopic (exact) mass is 409 g/mol. The Bertz CT molecular complexity index is 1280. The van der Waals surface area contributed by atoms with Crippen molar-refractivity contribution in [2.45, 2.75) is 13.5 Å². The van der Waals surface area contributed by atoms with Gasteiger partial charge in [-0.25, -0.2) is 14.0 Å². The second kappa shape index (κ2) is 8.11. The van der Waals surface area contributed by atoms with Gasteiger partial charge in [-0.3, -0.25) is 5.32 Å². The Balaban J connectivity index is 1.63. The first kappa shape index (κ1) is 19.2. The highest BCUT2D eigenvalue weighted by molar-refractivity contribution is 5.89. The van der Waals surface area contributed by atoms with Crippen LogP contribution in [-0.2, 0) is 11.3 Å². The highest BCUT2D eigenvalue weighted by Gasteiger charge is 2.12. The minimum atomic E-state index is -0.605. The van der Waals surface area contributed by atoms with Crippen LogP contribution in [-0.4, -0.2) is 32.9 Å². The summed E-state index contributed by atoms with van der Waals surface area (Å²) in [6.45, 7) is 2.08. The quantitative estimate of drug-likeness (QED) is 0.504. The molecule has 0 atom stereocenters. The van der Waals surface area contributed by atoms with E-state index in [-0.39, 0.29) is 24.6 Å². The van der Waals surface area contributed by atoms with E-state index < -0.39 is 17.5 Å². The second-order valence-electron chi connectivity index (χ2n) is 6.30. The highest BCUT2D eigenvalue weighted by atomic mass is 19.1. The molecule has 2 heterocycles. The fourth-order valence-electron chi connectivity index (χ4n) is 2.93. The first-order valence-corrected chi connectivity index (χ1v) is 9.06. The molecule has 9 nitrogen and oxygen atoms in total. The number of aromatic nitrogens is 4. The van der Waals surface area contributed by atoms with Crippen molar-refractivity contribution in [3.05, 3.63) is 70.3 Å². The first-order chi connectivity index (χ1) is 14.5. The van der Waals surface area contributed by atoms with Crippen molar-refractivity contribution in [3.63, 3.8) is 0 Å². The lowest BCUT2D eigenvalue weighted by molar-refractivity contribution is 0.168. The fourth-order valence-corrected chi connectivity index (χ4v) is 2.93. The molecule has 0 aliphatic carbocycles. The number of anilines is 1. The zero-order chi connectivity index (χ0) is 21.1. The molecule has 30 heavy (non-hydrogen) atoms. The molecule has 0 aliphatic rings.